The first kappa shape index (κ1) is 12.7. The fourth-order valence-electron chi connectivity index (χ4n) is 3.70. The number of amides is 1. The minimum Gasteiger partial charge on any atom is -0.309 e. The van der Waals surface area contributed by atoms with Crippen molar-refractivity contribution < 1.29 is 4.79 Å². The van der Waals surface area contributed by atoms with Gasteiger partial charge in [0.1, 0.15) is 0 Å². The lowest BCUT2D eigenvalue weighted by Gasteiger charge is -2.32. The maximum atomic E-state index is 12.7. The Bertz CT molecular complexity index is 488. The van der Waals surface area contributed by atoms with E-state index in [0.29, 0.717) is 11.9 Å². The number of carbonyl (C=O) groups excluding carboxylic acids is 1. The van der Waals surface area contributed by atoms with Gasteiger partial charge in [-0.25, -0.2) is 0 Å². The normalized spacial score (nSPS) is 23.8. The summed E-state index contributed by atoms with van der Waals surface area (Å²) in [7, 11) is 0. The van der Waals surface area contributed by atoms with Gasteiger partial charge in [-0.15, -0.1) is 0 Å². The summed E-state index contributed by atoms with van der Waals surface area (Å²) < 4.78 is 0. The highest BCUT2D eigenvalue weighted by Crippen LogP contribution is 2.42. The molecule has 1 atom stereocenters. The van der Waals surface area contributed by atoms with E-state index in [4.69, 9.17) is 0 Å². The Labute approximate surface area is 115 Å². The van der Waals surface area contributed by atoms with Crippen LogP contribution in [0.2, 0.25) is 0 Å². The van der Waals surface area contributed by atoms with Crippen molar-refractivity contribution in [2.75, 3.05) is 4.90 Å². The molecule has 0 unspecified atom stereocenters. The van der Waals surface area contributed by atoms with Crippen LogP contribution >= 0.6 is 0 Å². The standard InChI is InChI=1S/C17H23NO/c1-3-14-15-11-12(2)9-10-16(15)18(17(14)19)13-7-5-4-6-8-13/h9-11,13-14H,3-8H2,1-2H3/t14-/m0/s1. The summed E-state index contributed by atoms with van der Waals surface area (Å²) in [5, 5.41) is 0. The Morgan fingerprint density at radius 1 is 1.21 bits per heavy atom. The number of nitrogens with zero attached hydrogens (tertiary/aromatic N) is 1. The third-order valence-corrected chi connectivity index (χ3v) is 4.70. The molecule has 0 bridgehead atoms. The van der Waals surface area contributed by atoms with E-state index in [1.165, 1.54) is 48.9 Å². The van der Waals surface area contributed by atoms with Crippen LogP contribution in [-0.4, -0.2) is 11.9 Å². The second-order valence-corrected chi connectivity index (χ2v) is 6.02. The zero-order chi connectivity index (χ0) is 13.4. The van der Waals surface area contributed by atoms with E-state index >= 15 is 0 Å². The molecule has 1 heterocycles. The highest BCUT2D eigenvalue weighted by atomic mass is 16.2. The summed E-state index contributed by atoms with van der Waals surface area (Å²) in [4.78, 5) is 14.9. The van der Waals surface area contributed by atoms with E-state index < -0.39 is 0 Å². The first-order valence-electron chi connectivity index (χ1n) is 7.66. The Hall–Kier alpha value is -1.31. The minimum absolute atomic E-state index is 0.0943. The van der Waals surface area contributed by atoms with Gasteiger partial charge in [0, 0.05) is 11.7 Å². The van der Waals surface area contributed by atoms with Crippen LogP contribution in [0.25, 0.3) is 0 Å². The minimum atomic E-state index is 0.0943. The van der Waals surface area contributed by atoms with Crippen LogP contribution in [0.1, 0.15) is 62.5 Å². The monoisotopic (exact) mass is 257 g/mol. The van der Waals surface area contributed by atoms with E-state index in [1.807, 2.05) is 0 Å². The van der Waals surface area contributed by atoms with Gasteiger partial charge in [-0.2, -0.15) is 0 Å². The van der Waals surface area contributed by atoms with Crippen molar-refractivity contribution in [1.82, 2.24) is 0 Å². The maximum absolute atomic E-state index is 12.7. The fraction of sp³-hybridized carbons (Fsp3) is 0.588. The van der Waals surface area contributed by atoms with Crippen molar-refractivity contribution in [3.63, 3.8) is 0 Å². The van der Waals surface area contributed by atoms with Crippen LogP contribution in [-0.2, 0) is 4.79 Å². The van der Waals surface area contributed by atoms with Gasteiger partial charge in [-0.05, 0) is 37.8 Å². The molecule has 1 fully saturated rings. The van der Waals surface area contributed by atoms with Crippen molar-refractivity contribution in [3.05, 3.63) is 29.3 Å². The number of fused-ring (bicyclic) bond motifs is 1. The third-order valence-electron chi connectivity index (χ3n) is 4.70. The van der Waals surface area contributed by atoms with Gasteiger partial charge in [0.05, 0.1) is 5.92 Å². The van der Waals surface area contributed by atoms with E-state index in [2.05, 4.69) is 36.9 Å². The lowest BCUT2D eigenvalue weighted by Crippen LogP contribution is -2.40. The van der Waals surface area contributed by atoms with Gasteiger partial charge in [0.2, 0.25) is 5.91 Å². The number of benzene rings is 1. The largest absolute Gasteiger partial charge is 0.309 e. The molecule has 19 heavy (non-hydrogen) atoms. The van der Waals surface area contributed by atoms with E-state index in [1.54, 1.807) is 0 Å². The molecule has 1 saturated carbocycles. The van der Waals surface area contributed by atoms with E-state index in [-0.39, 0.29) is 5.92 Å². The van der Waals surface area contributed by atoms with Crippen LogP contribution in [0, 0.1) is 6.92 Å². The summed E-state index contributed by atoms with van der Waals surface area (Å²) in [5.41, 5.74) is 3.71. The van der Waals surface area contributed by atoms with Crippen LogP contribution in [0.15, 0.2) is 18.2 Å². The van der Waals surface area contributed by atoms with E-state index in [9.17, 15) is 4.79 Å². The Morgan fingerprint density at radius 2 is 1.95 bits per heavy atom. The highest BCUT2D eigenvalue weighted by molar-refractivity contribution is 6.05. The Balaban J connectivity index is 1.99. The number of aryl methyl sites for hydroxylation is 1. The second kappa shape index (κ2) is 4.99. The molecule has 1 aromatic rings. The summed E-state index contributed by atoms with van der Waals surface area (Å²) in [6, 6.07) is 6.95. The van der Waals surface area contributed by atoms with Gasteiger partial charge in [0.25, 0.3) is 0 Å². The number of hydrogen-bond acceptors (Lipinski definition) is 1. The molecule has 0 N–H and O–H groups in total. The zero-order valence-corrected chi connectivity index (χ0v) is 12.0. The molecule has 102 valence electrons. The maximum Gasteiger partial charge on any atom is 0.234 e. The predicted molar refractivity (Wildman–Crippen MR) is 78.6 cm³/mol. The average Bonchev–Trinajstić information content (AvgIpc) is 2.70. The first-order valence-corrected chi connectivity index (χ1v) is 7.66. The lowest BCUT2D eigenvalue weighted by molar-refractivity contribution is -0.119. The van der Waals surface area contributed by atoms with Crippen LogP contribution in [0.5, 0.6) is 0 Å². The molecule has 0 spiro atoms. The average molecular weight is 257 g/mol. The summed E-state index contributed by atoms with van der Waals surface area (Å²) in [6.07, 6.45) is 7.14. The van der Waals surface area contributed by atoms with Gasteiger partial charge >= 0.3 is 0 Å². The van der Waals surface area contributed by atoms with Gasteiger partial charge in [-0.3, -0.25) is 4.79 Å². The molecule has 2 heteroatoms. The molecule has 1 aliphatic heterocycles. The molecule has 1 amide bonds. The smallest absolute Gasteiger partial charge is 0.234 e. The van der Waals surface area contributed by atoms with Crippen LogP contribution < -0.4 is 4.90 Å². The van der Waals surface area contributed by atoms with Crippen LogP contribution in [0.3, 0.4) is 0 Å². The van der Waals surface area contributed by atoms with Crippen molar-refractivity contribution in [2.24, 2.45) is 0 Å². The van der Waals surface area contributed by atoms with Gasteiger partial charge in [0.15, 0.2) is 0 Å². The first-order chi connectivity index (χ1) is 9.22. The quantitative estimate of drug-likeness (QED) is 0.778. The van der Waals surface area contributed by atoms with Crippen LogP contribution in [0.4, 0.5) is 5.69 Å². The molecule has 1 aliphatic carbocycles. The molecule has 0 saturated heterocycles. The number of hydrogen-bond donors (Lipinski definition) is 0. The summed E-state index contributed by atoms with van der Waals surface area (Å²) in [6.45, 7) is 4.24. The molecule has 3 rings (SSSR count). The molecule has 0 radical (unpaired) electrons. The number of rotatable bonds is 2. The number of anilines is 1. The SMILES string of the molecule is CC[C@@H]1C(=O)N(C2CCCCC2)c2ccc(C)cc21. The van der Waals surface area contributed by atoms with Crippen molar-refractivity contribution in [2.45, 2.75) is 64.3 Å². The van der Waals surface area contributed by atoms with Gasteiger partial charge < -0.3 is 4.90 Å². The van der Waals surface area contributed by atoms with Crippen molar-refractivity contribution in [1.29, 1.82) is 0 Å². The molecule has 1 aromatic carbocycles. The van der Waals surface area contributed by atoms with Crippen molar-refractivity contribution >= 4 is 11.6 Å². The lowest BCUT2D eigenvalue weighted by atomic mass is 9.94. The van der Waals surface area contributed by atoms with Gasteiger partial charge in [-0.1, -0.05) is 43.9 Å². The Morgan fingerprint density at radius 3 is 2.63 bits per heavy atom. The van der Waals surface area contributed by atoms with E-state index in [0.717, 1.165) is 6.42 Å². The molecular weight excluding hydrogens is 234 g/mol. The molecule has 0 aromatic heterocycles. The second-order valence-electron chi connectivity index (χ2n) is 6.02. The Kier molecular flexibility index (Phi) is 3.34. The summed E-state index contributed by atoms with van der Waals surface area (Å²) in [5.74, 6) is 0.437. The molecular formula is C17H23NO. The highest BCUT2D eigenvalue weighted by Gasteiger charge is 2.39. The predicted octanol–water partition coefficient (Wildman–Crippen LogP) is 4.17. The fourth-order valence-corrected chi connectivity index (χ4v) is 3.70. The van der Waals surface area contributed by atoms with Crippen molar-refractivity contribution in [3.8, 4) is 0 Å². The third kappa shape index (κ3) is 2.07. The number of carbonyl (C=O) groups is 1. The topological polar surface area (TPSA) is 20.3 Å². The molecule has 2 aliphatic rings. The molecule has 2 nitrogen and oxygen atoms in total. The summed E-state index contributed by atoms with van der Waals surface area (Å²) >= 11 is 0. The zero-order valence-electron chi connectivity index (χ0n) is 12.0.